The van der Waals surface area contributed by atoms with Gasteiger partial charge in [-0.15, -0.1) is 0 Å². The molecule has 0 saturated heterocycles. The van der Waals surface area contributed by atoms with E-state index in [1.807, 2.05) is 0 Å². The first-order valence-electron chi connectivity index (χ1n) is 10.2. The van der Waals surface area contributed by atoms with Gasteiger partial charge in [0.2, 0.25) is 0 Å². The lowest BCUT2D eigenvalue weighted by molar-refractivity contribution is 0.0313. The predicted molar refractivity (Wildman–Crippen MR) is 102 cm³/mol. The molecule has 1 aromatic carbocycles. The largest absolute Gasteiger partial charge is 0.459 e. The quantitative estimate of drug-likeness (QED) is 0.256. The second-order valence-electron chi connectivity index (χ2n) is 7.16. The Labute approximate surface area is 157 Å². The van der Waals surface area contributed by atoms with Crippen molar-refractivity contribution in [3.63, 3.8) is 0 Å². The molecule has 1 aromatic rings. The zero-order valence-corrected chi connectivity index (χ0v) is 16.4. The topological polar surface area (TPSA) is 26.3 Å². The Morgan fingerprint density at radius 2 is 1.46 bits per heavy atom. The minimum absolute atomic E-state index is 0.288. The maximum absolute atomic E-state index is 13.5. The Hall–Kier alpha value is -1.45. The van der Waals surface area contributed by atoms with Crippen LogP contribution in [0, 0.1) is 11.6 Å². The highest BCUT2D eigenvalue weighted by Crippen LogP contribution is 2.16. The van der Waals surface area contributed by atoms with Crippen molar-refractivity contribution in [1.29, 1.82) is 0 Å². The number of rotatable bonds is 14. The molecule has 0 aliphatic heterocycles. The minimum Gasteiger partial charge on any atom is -0.459 e. The van der Waals surface area contributed by atoms with Crippen molar-refractivity contribution in [2.24, 2.45) is 0 Å². The first kappa shape index (κ1) is 22.6. The molecular weight excluding hydrogens is 334 g/mol. The van der Waals surface area contributed by atoms with Crippen LogP contribution in [-0.4, -0.2) is 12.1 Å². The fraction of sp³-hybridized carbons (Fsp3) is 0.682. The SMILES string of the molecule is CCCCCCCCCCCCCC(C)OC(=O)c1cc(F)ccc1F. The molecule has 0 aliphatic carbocycles. The number of unbranched alkanes of at least 4 members (excludes halogenated alkanes) is 10. The molecule has 1 unspecified atom stereocenters. The van der Waals surface area contributed by atoms with E-state index < -0.39 is 17.6 Å². The maximum atomic E-state index is 13.5. The van der Waals surface area contributed by atoms with Gasteiger partial charge in [0.05, 0.1) is 11.7 Å². The van der Waals surface area contributed by atoms with Crippen LogP contribution in [-0.2, 0) is 4.74 Å². The molecule has 1 rings (SSSR count). The summed E-state index contributed by atoms with van der Waals surface area (Å²) >= 11 is 0. The minimum atomic E-state index is -0.794. The van der Waals surface area contributed by atoms with Crippen LogP contribution in [0.25, 0.3) is 0 Å². The van der Waals surface area contributed by atoms with E-state index in [4.69, 9.17) is 4.74 Å². The number of hydrogen-bond acceptors (Lipinski definition) is 2. The van der Waals surface area contributed by atoms with E-state index in [0.29, 0.717) is 0 Å². The van der Waals surface area contributed by atoms with Crippen molar-refractivity contribution in [2.45, 2.75) is 97.0 Å². The molecule has 0 heterocycles. The summed E-state index contributed by atoms with van der Waals surface area (Å²) in [7, 11) is 0. The lowest BCUT2D eigenvalue weighted by Crippen LogP contribution is -2.16. The highest BCUT2D eigenvalue weighted by Gasteiger charge is 2.17. The van der Waals surface area contributed by atoms with Crippen LogP contribution in [0.1, 0.15) is 101 Å². The molecule has 0 saturated carbocycles. The van der Waals surface area contributed by atoms with Gasteiger partial charge in [0.1, 0.15) is 11.6 Å². The molecule has 0 aliphatic rings. The van der Waals surface area contributed by atoms with Crippen molar-refractivity contribution in [3.05, 3.63) is 35.4 Å². The smallest absolute Gasteiger partial charge is 0.341 e. The van der Waals surface area contributed by atoms with Gasteiger partial charge in [-0.1, -0.05) is 71.1 Å². The Kier molecular flexibility index (Phi) is 11.9. The summed E-state index contributed by atoms with van der Waals surface area (Å²) in [4.78, 5) is 11.9. The average molecular weight is 369 g/mol. The molecule has 0 N–H and O–H groups in total. The second kappa shape index (κ2) is 13.7. The standard InChI is InChI=1S/C22H34F2O2/c1-3-4-5-6-7-8-9-10-11-12-13-14-18(2)26-22(25)20-17-19(23)15-16-21(20)24/h15-18H,3-14H2,1-2H3. The number of halogens is 2. The monoisotopic (exact) mass is 368 g/mol. The van der Waals surface area contributed by atoms with Gasteiger partial charge in [0.15, 0.2) is 0 Å². The van der Waals surface area contributed by atoms with Gasteiger partial charge in [-0.3, -0.25) is 0 Å². The first-order chi connectivity index (χ1) is 12.5. The second-order valence-corrected chi connectivity index (χ2v) is 7.16. The zero-order chi connectivity index (χ0) is 19.2. The predicted octanol–water partition coefficient (Wildman–Crippen LogP) is 7.21. The van der Waals surface area contributed by atoms with Crippen LogP contribution in [0.15, 0.2) is 18.2 Å². The molecule has 0 bridgehead atoms. The van der Waals surface area contributed by atoms with E-state index >= 15 is 0 Å². The summed E-state index contributed by atoms with van der Waals surface area (Å²) in [5.41, 5.74) is -0.337. The van der Waals surface area contributed by atoms with Gasteiger partial charge < -0.3 is 4.74 Å². The third-order valence-corrected chi connectivity index (χ3v) is 4.67. The summed E-state index contributed by atoms with van der Waals surface area (Å²) in [5, 5.41) is 0. The Morgan fingerprint density at radius 3 is 2.04 bits per heavy atom. The van der Waals surface area contributed by atoms with Crippen molar-refractivity contribution < 1.29 is 18.3 Å². The third kappa shape index (κ3) is 9.88. The lowest BCUT2D eigenvalue weighted by Gasteiger charge is -2.13. The highest BCUT2D eigenvalue weighted by molar-refractivity contribution is 5.89. The average Bonchev–Trinajstić information content (AvgIpc) is 2.61. The number of ether oxygens (including phenoxy) is 1. The van der Waals surface area contributed by atoms with Gasteiger partial charge in [0, 0.05) is 0 Å². The first-order valence-corrected chi connectivity index (χ1v) is 10.2. The molecule has 148 valence electrons. The normalized spacial score (nSPS) is 12.2. The van der Waals surface area contributed by atoms with Crippen LogP contribution in [0.5, 0.6) is 0 Å². The number of carbonyl (C=O) groups is 1. The van der Waals surface area contributed by atoms with Gasteiger partial charge >= 0.3 is 5.97 Å². The van der Waals surface area contributed by atoms with E-state index in [2.05, 4.69) is 6.92 Å². The summed E-state index contributed by atoms with van der Waals surface area (Å²) < 4.78 is 31.9. The van der Waals surface area contributed by atoms with Crippen LogP contribution in [0.4, 0.5) is 8.78 Å². The zero-order valence-electron chi connectivity index (χ0n) is 16.4. The number of benzene rings is 1. The van der Waals surface area contributed by atoms with Crippen LogP contribution in [0.2, 0.25) is 0 Å². The van der Waals surface area contributed by atoms with Crippen molar-refractivity contribution in [1.82, 2.24) is 0 Å². The van der Waals surface area contributed by atoms with E-state index in [1.54, 1.807) is 6.92 Å². The summed E-state index contributed by atoms with van der Waals surface area (Å²) in [6.45, 7) is 4.03. The molecule has 4 heteroatoms. The summed E-state index contributed by atoms with van der Waals surface area (Å²) in [5.74, 6) is -2.19. The van der Waals surface area contributed by atoms with E-state index in [-0.39, 0.29) is 11.7 Å². The number of hydrogen-bond donors (Lipinski definition) is 0. The van der Waals surface area contributed by atoms with Crippen molar-refractivity contribution >= 4 is 5.97 Å². The van der Waals surface area contributed by atoms with E-state index in [1.165, 1.54) is 57.8 Å². The molecule has 0 aromatic heterocycles. The maximum Gasteiger partial charge on any atom is 0.341 e. The van der Waals surface area contributed by atoms with E-state index in [9.17, 15) is 13.6 Å². The van der Waals surface area contributed by atoms with Crippen LogP contribution < -0.4 is 0 Å². The fourth-order valence-electron chi connectivity index (χ4n) is 3.06. The van der Waals surface area contributed by atoms with E-state index in [0.717, 1.165) is 37.5 Å². The molecular formula is C22H34F2O2. The summed E-state index contributed by atoms with van der Waals surface area (Å²) in [6.07, 6.45) is 14.4. The van der Waals surface area contributed by atoms with Crippen LogP contribution >= 0.6 is 0 Å². The van der Waals surface area contributed by atoms with Gasteiger partial charge in [-0.05, 0) is 38.0 Å². The van der Waals surface area contributed by atoms with Gasteiger partial charge in [0.25, 0.3) is 0 Å². The van der Waals surface area contributed by atoms with Crippen molar-refractivity contribution in [2.75, 3.05) is 0 Å². The van der Waals surface area contributed by atoms with Crippen LogP contribution in [0.3, 0.4) is 0 Å². The van der Waals surface area contributed by atoms with Gasteiger partial charge in [-0.25, -0.2) is 13.6 Å². The Morgan fingerprint density at radius 1 is 0.923 bits per heavy atom. The number of carbonyl (C=O) groups excluding carboxylic acids is 1. The molecule has 0 amide bonds. The fourth-order valence-corrected chi connectivity index (χ4v) is 3.06. The molecule has 1 atom stereocenters. The Balaban J connectivity index is 2.05. The van der Waals surface area contributed by atoms with Gasteiger partial charge in [-0.2, -0.15) is 0 Å². The lowest BCUT2D eigenvalue weighted by atomic mass is 10.0. The number of esters is 1. The Bertz CT molecular complexity index is 517. The van der Waals surface area contributed by atoms with Crippen molar-refractivity contribution in [3.8, 4) is 0 Å². The molecule has 0 radical (unpaired) electrons. The molecule has 0 spiro atoms. The molecule has 2 nitrogen and oxygen atoms in total. The molecule has 0 fully saturated rings. The third-order valence-electron chi connectivity index (χ3n) is 4.67. The molecule has 26 heavy (non-hydrogen) atoms. The highest BCUT2D eigenvalue weighted by atomic mass is 19.1. The summed E-state index contributed by atoms with van der Waals surface area (Å²) in [6, 6.07) is 2.81.